The first-order valence-electron chi connectivity index (χ1n) is 11.8. The van der Waals surface area contributed by atoms with Gasteiger partial charge in [-0.15, -0.1) is 0 Å². The summed E-state index contributed by atoms with van der Waals surface area (Å²) < 4.78 is 7.14. The van der Waals surface area contributed by atoms with Crippen molar-refractivity contribution in [3.05, 3.63) is 75.2 Å². The smallest absolute Gasteiger partial charge is 0.407 e. The number of aromatic nitrogens is 1. The van der Waals surface area contributed by atoms with Crippen molar-refractivity contribution in [1.82, 2.24) is 9.88 Å². The molecule has 0 spiro atoms. The molecular formula is C28H32ClN3O4. The lowest BCUT2D eigenvalue weighted by Crippen LogP contribution is -2.35. The molecule has 36 heavy (non-hydrogen) atoms. The third-order valence-electron chi connectivity index (χ3n) is 5.32. The molecule has 0 bridgehead atoms. The minimum Gasteiger partial charge on any atom is -0.444 e. The Bertz CT molecular complexity index is 1370. The number of hydrogen-bond acceptors (Lipinski definition) is 4. The van der Waals surface area contributed by atoms with Gasteiger partial charge in [-0.2, -0.15) is 0 Å². The average molecular weight is 510 g/mol. The number of fused-ring (bicyclic) bond motifs is 1. The van der Waals surface area contributed by atoms with Gasteiger partial charge in [-0.25, -0.2) is 4.79 Å². The number of rotatable bonds is 7. The zero-order chi connectivity index (χ0) is 26.6. The summed E-state index contributed by atoms with van der Waals surface area (Å²) in [6.45, 7) is 9.96. The summed E-state index contributed by atoms with van der Waals surface area (Å²) in [5.74, 6) is -0.390. The molecule has 3 N–H and O–H groups in total. The molecule has 0 saturated heterocycles. The van der Waals surface area contributed by atoms with Crippen molar-refractivity contribution >= 4 is 40.4 Å². The summed E-state index contributed by atoms with van der Waals surface area (Å²) in [4.78, 5) is 37.5. The minimum absolute atomic E-state index is 0.0755. The van der Waals surface area contributed by atoms with E-state index in [0.717, 1.165) is 11.1 Å². The van der Waals surface area contributed by atoms with Crippen LogP contribution in [0, 0.1) is 5.92 Å². The van der Waals surface area contributed by atoms with E-state index >= 15 is 0 Å². The molecule has 0 aliphatic heterocycles. The molecule has 0 saturated carbocycles. The van der Waals surface area contributed by atoms with Crippen molar-refractivity contribution in [2.45, 2.75) is 53.3 Å². The number of alkyl carbamates (subject to hydrolysis) is 1. The number of primary amides is 1. The lowest BCUT2D eigenvalue weighted by Gasteiger charge is -2.23. The van der Waals surface area contributed by atoms with Crippen molar-refractivity contribution in [2.24, 2.45) is 11.7 Å². The van der Waals surface area contributed by atoms with Gasteiger partial charge in [0.1, 0.15) is 5.60 Å². The number of benzene rings is 2. The molecule has 2 amide bonds. The second kappa shape index (κ2) is 11.0. The Morgan fingerprint density at radius 3 is 2.36 bits per heavy atom. The Balaban J connectivity index is 2.31. The molecule has 3 rings (SSSR count). The van der Waals surface area contributed by atoms with Crippen molar-refractivity contribution in [1.29, 1.82) is 0 Å². The van der Waals surface area contributed by atoms with Crippen molar-refractivity contribution in [3.8, 4) is 11.1 Å². The Hall–Kier alpha value is -3.58. The van der Waals surface area contributed by atoms with E-state index in [2.05, 4.69) is 5.32 Å². The first kappa shape index (κ1) is 27.0. The molecule has 0 atom stereocenters. The zero-order valence-electron chi connectivity index (χ0n) is 21.2. The molecular weight excluding hydrogens is 478 g/mol. The van der Waals surface area contributed by atoms with Crippen molar-refractivity contribution in [2.75, 3.05) is 0 Å². The predicted molar refractivity (Wildman–Crippen MR) is 145 cm³/mol. The maximum atomic E-state index is 13.7. The quantitative estimate of drug-likeness (QED) is 0.410. The van der Waals surface area contributed by atoms with Gasteiger partial charge in [0.05, 0.1) is 6.54 Å². The minimum atomic E-state index is -0.661. The standard InChI is InChI=1S/C28H32ClN3O4/c1-17(2)16-32-23(15-31-27(35)36-28(3,4)5)25(19-8-10-20(29)11-9-19)22-14-18(7-13-24(30)33)6-12-21(22)26(32)34/h6-14,17H,15-16H2,1-5H3,(H2,30,33)(H,31,35). The van der Waals surface area contributed by atoms with Gasteiger partial charge in [0.25, 0.3) is 5.56 Å². The van der Waals surface area contributed by atoms with Crippen LogP contribution in [0.2, 0.25) is 5.02 Å². The number of hydrogen-bond donors (Lipinski definition) is 2. The number of halogens is 1. The van der Waals surface area contributed by atoms with Crippen LogP contribution in [0.15, 0.2) is 53.3 Å². The zero-order valence-corrected chi connectivity index (χ0v) is 22.0. The average Bonchev–Trinajstić information content (AvgIpc) is 2.77. The predicted octanol–water partition coefficient (Wildman–Crippen LogP) is 5.50. The molecule has 7 nitrogen and oxygen atoms in total. The molecule has 2 aromatic carbocycles. The summed E-state index contributed by atoms with van der Waals surface area (Å²) in [6, 6.07) is 12.7. The van der Waals surface area contributed by atoms with Crippen LogP contribution >= 0.6 is 11.6 Å². The summed E-state index contributed by atoms with van der Waals surface area (Å²) in [5, 5.41) is 4.61. The molecule has 0 radical (unpaired) electrons. The molecule has 0 aliphatic carbocycles. The number of nitrogens with one attached hydrogen (secondary N) is 1. The lowest BCUT2D eigenvalue weighted by molar-refractivity contribution is -0.113. The number of nitrogens with two attached hydrogens (primary N) is 1. The molecule has 0 unspecified atom stereocenters. The van der Waals surface area contributed by atoms with Crippen LogP contribution in [0.25, 0.3) is 28.0 Å². The maximum absolute atomic E-state index is 13.7. The third kappa shape index (κ3) is 6.76. The molecule has 8 heteroatoms. The Morgan fingerprint density at radius 2 is 1.78 bits per heavy atom. The highest BCUT2D eigenvalue weighted by Gasteiger charge is 2.21. The number of pyridine rings is 1. The van der Waals surface area contributed by atoms with Gasteiger partial charge in [-0.05, 0) is 73.5 Å². The van der Waals surface area contributed by atoms with E-state index < -0.39 is 17.6 Å². The van der Waals surface area contributed by atoms with E-state index in [1.807, 2.05) is 32.0 Å². The van der Waals surface area contributed by atoms with Crippen LogP contribution in [0.3, 0.4) is 0 Å². The normalized spacial score (nSPS) is 11.9. The second-order valence-electron chi connectivity index (χ2n) is 10.0. The second-order valence-corrected chi connectivity index (χ2v) is 10.5. The fraction of sp³-hybridized carbons (Fsp3) is 0.321. The highest BCUT2D eigenvalue weighted by molar-refractivity contribution is 6.30. The highest BCUT2D eigenvalue weighted by atomic mass is 35.5. The Kier molecular flexibility index (Phi) is 8.25. The first-order valence-corrected chi connectivity index (χ1v) is 12.1. The van der Waals surface area contributed by atoms with E-state index in [-0.39, 0.29) is 18.0 Å². The highest BCUT2D eigenvalue weighted by Crippen LogP contribution is 2.33. The van der Waals surface area contributed by atoms with E-state index in [9.17, 15) is 14.4 Å². The first-order chi connectivity index (χ1) is 16.9. The number of carbonyl (C=O) groups is 2. The van der Waals surface area contributed by atoms with Gasteiger partial charge in [-0.1, -0.05) is 43.6 Å². The molecule has 0 aliphatic rings. The summed E-state index contributed by atoms with van der Waals surface area (Å²) in [5.41, 5.74) is 7.42. The number of carbonyl (C=O) groups excluding carboxylic acids is 2. The summed E-state index contributed by atoms with van der Waals surface area (Å²) in [7, 11) is 0. The summed E-state index contributed by atoms with van der Waals surface area (Å²) >= 11 is 6.16. The van der Waals surface area contributed by atoms with Gasteiger partial charge in [-0.3, -0.25) is 9.59 Å². The van der Waals surface area contributed by atoms with Crippen LogP contribution in [0.5, 0.6) is 0 Å². The molecule has 0 fully saturated rings. The van der Waals surface area contributed by atoms with Gasteiger partial charge in [0.2, 0.25) is 5.91 Å². The van der Waals surface area contributed by atoms with Crippen molar-refractivity contribution < 1.29 is 14.3 Å². The van der Waals surface area contributed by atoms with Gasteiger partial charge < -0.3 is 20.4 Å². The fourth-order valence-corrected chi connectivity index (χ4v) is 4.07. The number of ether oxygens (including phenoxy) is 1. The molecule has 1 aromatic heterocycles. The number of nitrogens with zero attached hydrogens (tertiary/aromatic N) is 1. The van der Waals surface area contributed by atoms with E-state index in [4.69, 9.17) is 22.1 Å². The van der Waals surface area contributed by atoms with Crippen LogP contribution < -0.4 is 16.6 Å². The fourth-order valence-electron chi connectivity index (χ4n) is 3.95. The van der Waals surface area contributed by atoms with Crippen molar-refractivity contribution in [3.63, 3.8) is 0 Å². The maximum Gasteiger partial charge on any atom is 0.407 e. The van der Waals surface area contributed by atoms with Crippen LogP contribution in [0.1, 0.15) is 45.9 Å². The van der Waals surface area contributed by atoms with E-state index in [1.54, 1.807) is 55.7 Å². The van der Waals surface area contributed by atoms with E-state index in [0.29, 0.717) is 33.6 Å². The molecule has 3 aromatic rings. The van der Waals surface area contributed by atoms with Gasteiger partial charge in [0.15, 0.2) is 0 Å². The van der Waals surface area contributed by atoms with Crippen LogP contribution in [0.4, 0.5) is 4.79 Å². The number of amides is 2. The molecule has 190 valence electrons. The Morgan fingerprint density at radius 1 is 1.11 bits per heavy atom. The van der Waals surface area contributed by atoms with Crippen LogP contribution in [-0.4, -0.2) is 22.2 Å². The monoisotopic (exact) mass is 509 g/mol. The van der Waals surface area contributed by atoms with Gasteiger partial charge in [0, 0.05) is 34.3 Å². The SMILES string of the molecule is CC(C)Cn1c(CNC(=O)OC(C)(C)C)c(-c2ccc(Cl)cc2)c2cc(C=CC(N)=O)ccc2c1=O. The van der Waals surface area contributed by atoms with Crippen LogP contribution in [-0.2, 0) is 22.6 Å². The topological polar surface area (TPSA) is 103 Å². The lowest BCUT2D eigenvalue weighted by atomic mass is 9.94. The summed E-state index contributed by atoms with van der Waals surface area (Å²) in [6.07, 6.45) is 2.30. The van der Waals surface area contributed by atoms with E-state index in [1.165, 1.54) is 6.08 Å². The largest absolute Gasteiger partial charge is 0.444 e. The third-order valence-corrected chi connectivity index (χ3v) is 5.57. The van der Waals surface area contributed by atoms with Gasteiger partial charge >= 0.3 is 6.09 Å². The molecule has 1 heterocycles. The Labute approximate surface area is 215 Å².